The van der Waals surface area contributed by atoms with E-state index in [2.05, 4.69) is 78.3 Å². The predicted octanol–water partition coefficient (Wildman–Crippen LogP) is 7.47. The highest BCUT2D eigenvalue weighted by Crippen LogP contribution is 2.29. The van der Waals surface area contributed by atoms with Gasteiger partial charge in [-0.3, -0.25) is 9.59 Å². The fourth-order valence-corrected chi connectivity index (χ4v) is 5.63. The zero-order valence-electron chi connectivity index (χ0n) is 25.3. The Balaban J connectivity index is 0.00000226. The maximum Gasteiger partial charge on any atom is 0.223 e. The van der Waals surface area contributed by atoms with Crippen molar-refractivity contribution in [3.8, 4) is 0 Å². The Kier molecular flexibility index (Phi) is 12.8. The minimum Gasteiger partial charge on any atom is -0.362 e. The molecule has 4 rings (SSSR count). The van der Waals surface area contributed by atoms with E-state index in [1.807, 2.05) is 32.0 Å². The monoisotopic (exact) mass is 573 g/mol. The second-order valence-electron chi connectivity index (χ2n) is 11.4. The van der Waals surface area contributed by atoms with Gasteiger partial charge in [0.15, 0.2) is 10.9 Å². The number of hydrogen-bond donors (Lipinski definition) is 3. The third-order valence-electron chi connectivity index (χ3n) is 7.69. The number of benzene rings is 3. The average molecular weight is 574 g/mol. The number of rotatable bonds is 10. The quantitative estimate of drug-likeness (QED) is 0.220. The van der Waals surface area contributed by atoms with Gasteiger partial charge in [-0.25, -0.2) is 0 Å². The van der Waals surface area contributed by atoms with Crippen molar-refractivity contribution in [3.63, 3.8) is 0 Å². The number of fused-ring (bicyclic) bond motifs is 1. The van der Waals surface area contributed by atoms with Crippen molar-refractivity contribution in [2.45, 2.75) is 79.2 Å². The first-order valence-corrected chi connectivity index (χ1v) is 15.6. The molecule has 5 nitrogen and oxygen atoms in total. The summed E-state index contributed by atoms with van der Waals surface area (Å²) in [5.74, 6) is 1.06. The molecule has 0 heterocycles. The van der Waals surface area contributed by atoms with Crippen LogP contribution in [0.2, 0.25) is 0 Å². The van der Waals surface area contributed by atoms with Crippen LogP contribution in [0.1, 0.15) is 71.4 Å². The highest BCUT2D eigenvalue weighted by atomic mass is 32.1. The SMILES string of the molecule is CC.CC(=O)C(Cc1ccc2ccccc2c1)NC(=O)C1CCC(CNC(=S)Nc2ccc(CC(C)C)cc2)CC1. The summed E-state index contributed by atoms with van der Waals surface area (Å²) >= 11 is 5.51. The Morgan fingerprint density at radius 3 is 2.12 bits per heavy atom. The van der Waals surface area contributed by atoms with E-state index in [9.17, 15) is 9.59 Å². The Morgan fingerprint density at radius 1 is 0.854 bits per heavy atom. The molecule has 1 atom stereocenters. The van der Waals surface area contributed by atoms with E-state index in [0.29, 0.717) is 23.4 Å². The maximum absolute atomic E-state index is 13.1. The molecule has 0 saturated heterocycles. The lowest BCUT2D eigenvalue weighted by Gasteiger charge is -2.29. The van der Waals surface area contributed by atoms with Crippen molar-refractivity contribution >= 4 is 45.5 Å². The molecule has 6 heteroatoms. The van der Waals surface area contributed by atoms with Crippen LogP contribution in [0.15, 0.2) is 66.7 Å². The molecule has 41 heavy (non-hydrogen) atoms. The van der Waals surface area contributed by atoms with Crippen LogP contribution in [0.3, 0.4) is 0 Å². The molecule has 1 saturated carbocycles. The summed E-state index contributed by atoms with van der Waals surface area (Å²) in [6.07, 6.45) is 5.17. The van der Waals surface area contributed by atoms with E-state index in [0.717, 1.165) is 55.3 Å². The molecule has 3 aromatic carbocycles. The van der Waals surface area contributed by atoms with Crippen LogP contribution in [0.4, 0.5) is 5.69 Å². The highest BCUT2D eigenvalue weighted by Gasteiger charge is 2.28. The van der Waals surface area contributed by atoms with Gasteiger partial charge in [0.25, 0.3) is 0 Å². The number of hydrogen-bond acceptors (Lipinski definition) is 3. The molecule has 1 amide bonds. The molecule has 0 aliphatic heterocycles. The number of amides is 1. The lowest BCUT2D eigenvalue weighted by molar-refractivity contribution is -0.130. The molecule has 1 aliphatic rings. The zero-order valence-corrected chi connectivity index (χ0v) is 26.2. The first kappa shape index (κ1) is 32.3. The Labute approximate surface area is 251 Å². The van der Waals surface area contributed by atoms with Crippen LogP contribution < -0.4 is 16.0 Å². The van der Waals surface area contributed by atoms with Gasteiger partial charge < -0.3 is 16.0 Å². The largest absolute Gasteiger partial charge is 0.362 e. The molecule has 220 valence electrons. The summed E-state index contributed by atoms with van der Waals surface area (Å²) in [6, 6.07) is 22.3. The molecule has 3 aromatic rings. The number of nitrogens with one attached hydrogen (secondary N) is 3. The Bertz CT molecular complexity index is 1280. The zero-order chi connectivity index (χ0) is 29.8. The third kappa shape index (κ3) is 10.3. The van der Waals surface area contributed by atoms with E-state index in [4.69, 9.17) is 12.2 Å². The molecular weight excluding hydrogens is 526 g/mol. The van der Waals surface area contributed by atoms with Gasteiger partial charge in [-0.05, 0) is 104 Å². The van der Waals surface area contributed by atoms with Crippen LogP contribution in [0.25, 0.3) is 10.8 Å². The number of anilines is 1. The van der Waals surface area contributed by atoms with Gasteiger partial charge in [0.2, 0.25) is 5.91 Å². The Hall–Kier alpha value is -3.25. The summed E-state index contributed by atoms with van der Waals surface area (Å²) < 4.78 is 0. The van der Waals surface area contributed by atoms with Gasteiger partial charge in [0, 0.05) is 18.2 Å². The molecule has 1 fully saturated rings. The van der Waals surface area contributed by atoms with Gasteiger partial charge in [-0.15, -0.1) is 0 Å². The van der Waals surface area contributed by atoms with Crippen LogP contribution in [-0.2, 0) is 22.4 Å². The molecule has 1 aliphatic carbocycles. The lowest BCUT2D eigenvalue weighted by atomic mass is 9.81. The Morgan fingerprint density at radius 2 is 1.49 bits per heavy atom. The second kappa shape index (κ2) is 16.3. The molecule has 3 N–H and O–H groups in total. The van der Waals surface area contributed by atoms with Crippen molar-refractivity contribution in [1.82, 2.24) is 10.6 Å². The fourth-order valence-electron chi connectivity index (χ4n) is 5.42. The number of Topliss-reactive ketones (excluding diaryl/α,β-unsaturated/α-hetero) is 1. The second-order valence-corrected chi connectivity index (χ2v) is 11.8. The minimum absolute atomic E-state index is 0.000463. The molecular formula is C35H47N3O2S. The predicted molar refractivity (Wildman–Crippen MR) is 176 cm³/mol. The third-order valence-corrected chi connectivity index (χ3v) is 7.93. The van der Waals surface area contributed by atoms with E-state index >= 15 is 0 Å². The van der Waals surface area contributed by atoms with E-state index in [-0.39, 0.29) is 17.6 Å². The first-order chi connectivity index (χ1) is 19.8. The molecule has 0 aromatic heterocycles. The minimum atomic E-state index is -0.499. The van der Waals surface area contributed by atoms with Gasteiger partial charge in [0.1, 0.15) is 0 Å². The maximum atomic E-state index is 13.1. The van der Waals surface area contributed by atoms with Gasteiger partial charge in [0.05, 0.1) is 6.04 Å². The number of thiocarbonyl (C=S) groups is 1. The number of ketones is 1. The van der Waals surface area contributed by atoms with Gasteiger partial charge in [-0.2, -0.15) is 0 Å². The van der Waals surface area contributed by atoms with Crippen molar-refractivity contribution in [2.75, 3.05) is 11.9 Å². The van der Waals surface area contributed by atoms with Crippen molar-refractivity contribution in [3.05, 3.63) is 77.9 Å². The molecule has 1 unspecified atom stereocenters. The standard InChI is InChI=1S/C33H41N3O2S.C2H6/c1-22(2)18-24-11-16-30(17-12-24)35-33(39)34-21-25-8-14-28(15-9-25)32(38)36-31(23(3)37)20-26-10-13-27-6-4-5-7-29(27)19-26;1-2/h4-7,10-13,16-17,19,22,25,28,31H,8-9,14-15,18,20-21H2,1-3H3,(H,36,38)(H2,34,35,39);1-2H3. The van der Waals surface area contributed by atoms with Crippen LogP contribution in [0, 0.1) is 17.8 Å². The highest BCUT2D eigenvalue weighted by molar-refractivity contribution is 7.80. The summed E-state index contributed by atoms with van der Waals surface area (Å²) in [5, 5.41) is 12.6. The summed E-state index contributed by atoms with van der Waals surface area (Å²) in [5.41, 5.74) is 3.38. The van der Waals surface area contributed by atoms with Crippen molar-refractivity contribution < 1.29 is 9.59 Å². The summed E-state index contributed by atoms with van der Waals surface area (Å²) in [7, 11) is 0. The van der Waals surface area contributed by atoms with Crippen LogP contribution in [-0.4, -0.2) is 29.4 Å². The molecule has 0 spiro atoms. The van der Waals surface area contributed by atoms with E-state index < -0.39 is 6.04 Å². The lowest BCUT2D eigenvalue weighted by Crippen LogP contribution is -2.45. The van der Waals surface area contributed by atoms with Crippen molar-refractivity contribution in [1.29, 1.82) is 0 Å². The van der Waals surface area contributed by atoms with E-state index in [1.54, 1.807) is 6.92 Å². The topological polar surface area (TPSA) is 70.2 Å². The van der Waals surface area contributed by atoms with Crippen LogP contribution in [0.5, 0.6) is 0 Å². The van der Waals surface area contributed by atoms with Crippen molar-refractivity contribution in [2.24, 2.45) is 17.8 Å². The fraction of sp³-hybridized carbons (Fsp3) is 0.457. The van der Waals surface area contributed by atoms with Crippen LogP contribution >= 0.6 is 12.2 Å². The first-order valence-electron chi connectivity index (χ1n) is 15.2. The molecule has 0 radical (unpaired) electrons. The normalized spacial score (nSPS) is 17.2. The van der Waals surface area contributed by atoms with Gasteiger partial charge in [-0.1, -0.05) is 82.3 Å². The molecule has 0 bridgehead atoms. The average Bonchev–Trinajstić information content (AvgIpc) is 2.97. The summed E-state index contributed by atoms with van der Waals surface area (Å²) in [6.45, 7) is 10.8. The van der Waals surface area contributed by atoms with E-state index in [1.165, 1.54) is 10.9 Å². The summed E-state index contributed by atoms with van der Waals surface area (Å²) in [4.78, 5) is 25.4. The smallest absolute Gasteiger partial charge is 0.223 e. The van der Waals surface area contributed by atoms with Gasteiger partial charge >= 0.3 is 0 Å². The number of carbonyl (C=O) groups excluding carboxylic acids is 2. The number of carbonyl (C=O) groups is 2.